The van der Waals surface area contributed by atoms with E-state index >= 15 is 0 Å². The van der Waals surface area contributed by atoms with Crippen LogP contribution in [0.25, 0.3) is 0 Å². The summed E-state index contributed by atoms with van der Waals surface area (Å²) in [5.74, 6) is 0.323. The third-order valence-electron chi connectivity index (χ3n) is 4.21. The largest absolute Gasteiger partial charge is 0.366 e. The highest BCUT2D eigenvalue weighted by molar-refractivity contribution is 6.04. The van der Waals surface area contributed by atoms with Crippen LogP contribution >= 0.6 is 0 Å². The van der Waals surface area contributed by atoms with Crippen molar-refractivity contribution in [3.05, 3.63) is 83.6 Å². The zero-order chi connectivity index (χ0) is 19.9. The zero-order valence-corrected chi connectivity index (χ0v) is 15.8. The van der Waals surface area contributed by atoms with Gasteiger partial charge in [-0.1, -0.05) is 24.3 Å². The molecule has 0 aliphatic carbocycles. The summed E-state index contributed by atoms with van der Waals surface area (Å²) in [6.07, 6.45) is 1.54. The maximum absolute atomic E-state index is 12.4. The van der Waals surface area contributed by atoms with Gasteiger partial charge in [0.25, 0.3) is 5.91 Å². The molecule has 0 radical (unpaired) electrons. The summed E-state index contributed by atoms with van der Waals surface area (Å²) in [7, 11) is 0. The fourth-order valence-corrected chi connectivity index (χ4v) is 2.67. The van der Waals surface area contributed by atoms with Crippen LogP contribution in [-0.2, 0) is 11.3 Å². The van der Waals surface area contributed by atoms with Gasteiger partial charge in [0, 0.05) is 31.0 Å². The number of anilines is 3. The number of aromatic nitrogens is 1. The van der Waals surface area contributed by atoms with E-state index in [1.165, 1.54) is 18.1 Å². The van der Waals surface area contributed by atoms with Gasteiger partial charge in [-0.25, -0.2) is 4.98 Å². The van der Waals surface area contributed by atoms with Crippen molar-refractivity contribution in [2.75, 3.05) is 16.0 Å². The first-order valence-corrected chi connectivity index (χ1v) is 8.95. The minimum atomic E-state index is -0.245. The first-order chi connectivity index (χ1) is 13.5. The quantitative estimate of drug-likeness (QED) is 0.603. The first kappa shape index (κ1) is 19.1. The smallest absolute Gasteiger partial charge is 0.257 e. The minimum Gasteiger partial charge on any atom is -0.366 e. The summed E-state index contributed by atoms with van der Waals surface area (Å²) >= 11 is 0. The standard InChI is InChI=1S/C22H22N4O2/c1-15-5-3-4-6-17(15)13-23-21-12-7-18(14-24-21)22(28)26-20-10-8-19(9-11-20)25-16(2)27/h3-12,14H,13H2,1-2H3,(H,23,24)(H,25,27)(H,26,28). The van der Waals surface area contributed by atoms with Gasteiger partial charge in [0.2, 0.25) is 5.91 Å². The fraction of sp³-hybridized carbons (Fsp3) is 0.136. The van der Waals surface area contributed by atoms with E-state index in [9.17, 15) is 9.59 Å². The lowest BCUT2D eigenvalue weighted by atomic mass is 10.1. The van der Waals surface area contributed by atoms with Crippen molar-refractivity contribution in [1.29, 1.82) is 0 Å². The third kappa shape index (κ3) is 5.17. The topological polar surface area (TPSA) is 83.1 Å². The maximum atomic E-state index is 12.4. The highest BCUT2D eigenvalue weighted by atomic mass is 16.2. The molecule has 0 aliphatic heterocycles. The second-order valence-corrected chi connectivity index (χ2v) is 6.42. The molecular weight excluding hydrogens is 352 g/mol. The molecule has 3 N–H and O–H groups in total. The molecule has 0 unspecified atom stereocenters. The van der Waals surface area contributed by atoms with E-state index in [4.69, 9.17) is 0 Å². The highest BCUT2D eigenvalue weighted by Gasteiger charge is 2.07. The molecule has 6 nitrogen and oxygen atoms in total. The molecule has 0 aliphatic rings. The van der Waals surface area contributed by atoms with Gasteiger partial charge in [0.15, 0.2) is 0 Å². The summed E-state index contributed by atoms with van der Waals surface area (Å²) in [6.45, 7) is 4.19. The predicted molar refractivity (Wildman–Crippen MR) is 111 cm³/mol. The van der Waals surface area contributed by atoms with Crippen LogP contribution in [0, 0.1) is 6.92 Å². The lowest BCUT2D eigenvalue weighted by Gasteiger charge is -2.09. The highest BCUT2D eigenvalue weighted by Crippen LogP contribution is 2.15. The van der Waals surface area contributed by atoms with Crippen molar-refractivity contribution in [3.63, 3.8) is 0 Å². The van der Waals surface area contributed by atoms with E-state index < -0.39 is 0 Å². The van der Waals surface area contributed by atoms with E-state index in [0.717, 1.165) is 0 Å². The summed E-state index contributed by atoms with van der Waals surface area (Å²) in [5.41, 5.74) is 4.20. The summed E-state index contributed by atoms with van der Waals surface area (Å²) in [4.78, 5) is 27.7. The number of amides is 2. The van der Waals surface area contributed by atoms with Gasteiger partial charge < -0.3 is 16.0 Å². The lowest BCUT2D eigenvalue weighted by molar-refractivity contribution is -0.114. The van der Waals surface area contributed by atoms with Gasteiger partial charge in [0.1, 0.15) is 5.82 Å². The monoisotopic (exact) mass is 374 g/mol. The van der Waals surface area contributed by atoms with E-state index in [1.54, 1.807) is 42.6 Å². The Kier molecular flexibility index (Phi) is 6.01. The molecule has 2 amide bonds. The summed E-state index contributed by atoms with van der Waals surface area (Å²) < 4.78 is 0. The van der Waals surface area contributed by atoms with Gasteiger partial charge in [-0.3, -0.25) is 9.59 Å². The Balaban J connectivity index is 1.57. The lowest BCUT2D eigenvalue weighted by Crippen LogP contribution is -2.13. The molecule has 0 saturated carbocycles. The molecular formula is C22H22N4O2. The number of benzene rings is 2. The van der Waals surface area contributed by atoms with Crippen molar-refractivity contribution >= 4 is 29.0 Å². The number of pyridine rings is 1. The Labute approximate surface area is 164 Å². The SMILES string of the molecule is CC(=O)Nc1ccc(NC(=O)c2ccc(NCc3ccccc3C)nc2)cc1. The molecule has 0 saturated heterocycles. The Morgan fingerprint density at radius 2 is 1.57 bits per heavy atom. The number of hydrogen-bond donors (Lipinski definition) is 3. The zero-order valence-electron chi connectivity index (χ0n) is 15.8. The molecule has 2 aromatic carbocycles. The van der Waals surface area contributed by atoms with Crippen LogP contribution in [0.2, 0.25) is 0 Å². The number of aryl methyl sites for hydroxylation is 1. The van der Waals surface area contributed by atoms with E-state index in [0.29, 0.717) is 29.3 Å². The van der Waals surface area contributed by atoms with E-state index in [2.05, 4.69) is 40.0 Å². The Morgan fingerprint density at radius 1 is 0.893 bits per heavy atom. The Morgan fingerprint density at radius 3 is 2.18 bits per heavy atom. The van der Waals surface area contributed by atoms with Gasteiger partial charge in [0.05, 0.1) is 5.56 Å². The first-order valence-electron chi connectivity index (χ1n) is 8.95. The van der Waals surface area contributed by atoms with Crippen molar-refractivity contribution in [3.8, 4) is 0 Å². The van der Waals surface area contributed by atoms with Gasteiger partial charge in [-0.2, -0.15) is 0 Å². The number of nitrogens with zero attached hydrogens (tertiary/aromatic N) is 1. The summed E-state index contributed by atoms with van der Waals surface area (Å²) in [5, 5.41) is 8.76. The van der Waals surface area contributed by atoms with E-state index in [1.807, 2.05) is 12.1 Å². The molecule has 0 atom stereocenters. The fourth-order valence-electron chi connectivity index (χ4n) is 2.67. The molecule has 0 bridgehead atoms. The van der Waals surface area contributed by atoms with Gasteiger partial charge in [-0.15, -0.1) is 0 Å². The minimum absolute atomic E-state index is 0.140. The molecule has 0 fully saturated rings. The Hall–Kier alpha value is -3.67. The van der Waals surface area contributed by atoms with Crippen LogP contribution in [0.4, 0.5) is 17.2 Å². The molecule has 1 aromatic heterocycles. The van der Waals surface area contributed by atoms with Crippen LogP contribution in [0.5, 0.6) is 0 Å². The normalized spacial score (nSPS) is 10.2. The van der Waals surface area contributed by atoms with Crippen molar-refractivity contribution in [2.24, 2.45) is 0 Å². The molecule has 28 heavy (non-hydrogen) atoms. The van der Waals surface area contributed by atoms with Crippen LogP contribution < -0.4 is 16.0 Å². The second-order valence-electron chi connectivity index (χ2n) is 6.42. The number of hydrogen-bond acceptors (Lipinski definition) is 4. The molecule has 3 rings (SSSR count). The van der Waals surface area contributed by atoms with Gasteiger partial charge >= 0.3 is 0 Å². The average Bonchev–Trinajstić information content (AvgIpc) is 2.69. The number of carbonyl (C=O) groups is 2. The van der Waals surface area contributed by atoms with Crippen molar-refractivity contribution < 1.29 is 9.59 Å². The number of nitrogens with one attached hydrogen (secondary N) is 3. The van der Waals surface area contributed by atoms with Crippen molar-refractivity contribution in [1.82, 2.24) is 4.98 Å². The predicted octanol–water partition coefficient (Wildman–Crippen LogP) is 4.21. The number of rotatable bonds is 6. The maximum Gasteiger partial charge on any atom is 0.257 e. The molecule has 1 heterocycles. The van der Waals surface area contributed by atoms with Gasteiger partial charge in [-0.05, 0) is 54.4 Å². The van der Waals surface area contributed by atoms with Crippen LogP contribution in [0.15, 0.2) is 66.9 Å². The van der Waals surface area contributed by atoms with Crippen molar-refractivity contribution in [2.45, 2.75) is 20.4 Å². The molecule has 6 heteroatoms. The van der Waals surface area contributed by atoms with Crippen LogP contribution in [0.1, 0.15) is 28.4 Å². The van der Waals surface area contributed by atoms with Crippen LogP contribution in [0.3, 0.4) is 0 Å². The van der Waals surface area contributed by atoms with Crippen LogP contribution in [-0.4, -0.2) is 16.8 Å². The number of carbonyl (C=O) groups excluding carboxylic acids is 2. The molecule has 0 spiro atoms. The molecule has 142 valence electrons. The van der Waals surface area contributed by atoms with E-state index in [-0.39, 0.29) is 11.8 Å². The second kappa shape index (κ2) is 8.81. The average molecular weight is 374 g/mol. The molecule has 3 aromatic rings. The Bertz CT molecular complexity index is 967. The summed E-state index contributed by atoms with van der Waals surface area (Å²) in [6, 6.07) is 18.6. The third-order valence-corrected chi connectivity index (χ3v) is 4.21.